The van der Waals surface area contributed by atoms with Gasteiger partial charge in [-0.05, 0) is 34.1 Å². The molecule has 0 saturated carbocycles. The second-order valence-electron chi connectivity index (χ2n) is 1.99. The van der Waals surface area contributed by atoms with Crippen molar-refractivity contribution in [2.75, 3.05) is 6.61 Å². The lowest BCUT2D eigenvalue weighted by Gasteiger charge is -2.00. The molecule has 1 aromatic heterocycles. The van der Waals surface area contributed by atoms with Crippen molar-refractivity contribution in [2.45, 2.75) is 0 Å². The highest BCUT2D eigenvalue weighted by atomic mass is 79.9. The summed E-state index contributed by atoms with van der Waals surface area (Å²) in [6.07, 6.45) is 3.36. The molecule has 0 fully saturated rings. The number of aromatic nitrogens is 1. The first kappa shape index (κ1) is 9.55. The highest BCUT2D eigenvalue weighted by molar-refractivity contribution is 9.10. The predicted octanol–water partition coefficient (Wildman–Crippen LogP) is 2.98. The van der Waals surface area contributed by atoms with E-state index in [-0.39, 0.29) is 0 Å². The predicted molar refractivity (Wildman–Crippen MR) is 52.4 cm³/mol. The smallest absolute Gasteiger partial charge is 0.138 e. The maximum Gasteiger partial charge on any atom is 0.138 e. The van der Waals surface area contributed by atoms with E-state index in [4.69, 9.17) is 16.3 Å². The fourth-order valence-electron chi connectivity index (χ4n) is 0.628. The van der Waals surface area contributed by atoms with Crippen molar-refractivity contribution >= 4 is 27.5 Å². The zero-order valence-electron chi connectivity index (χ0n) is 6.21. The molecule has 0 atom stereocenters. The Kier molecular flexibility index (Phi) is 4.11. The van der Waals surface area contributed by atoms with Crippen LogP contribution in [0.25, 0.3) is 0 Å². The summed E-state index contributed by atoms with van der Waals surface area (Å²) in [6, 6.07) is 3.65. The van der Waals surface area contributed by atoms with Gasteiger partial charge < -0.3 is 4.74 Å². The highest BCUT2D eigenvalue weighted by Crippen LogP contribution is 2.12. The van der Waals surface area contributed by atoms with Crippen molar-refractivity contribution in [3.05, 3.63) is 34.5 Å². The van der Waals surface area contributed by atoms with Crippen LogP contribution < -0.4 is 4.74 Å². The molecule has 1 aromatic rings. The average molecular weight is 249 g/mol. The van der Waals surface area contributed by atoms with Crippen molar-refractivity contribution in [1.29, 1.82) is 0 Å². The van der Waals surface area contributed by atoms with E-state index in [1.807, 2.05) is 12.1 Å². The normalized spacial score (nSPS) is 10.5. The first-order chi connectivity index (χ1) is 5.83. The molecule has 4 heteroatoms. The van der Waals surface area contributed by atoms with E-state index < -0.39 is 0 Å². The molecule has 1 heterocycles. The maximum absolute atomic E-state index is 5.31. The van der Waals surface area contributed by atoms with Crippen molar-refractivity contribution in [3.8, 4) is 5.75 Å². The Hall–Kier alpha value is -0.540. The minimum Gasteiger partial charge on any atom is -0.488 e. The Labute approximate surface area is 84.3 Å². The van der Waals surface area contributed by atoms with Gasteiger partial charge >= 0.3 is 0 Å². The zero-order chi connectivity index (χ0) is 8.81. The van der Waals surface area contributed by atoms with E-state index in [9.17, 15) is 0 Å². The molecule has 0 amide bonds. The van der Waals surface area contributed by atoms with Crippen LogP contribution in [0.1, 0.15) is 0 Å². The van der Waals surface area contributed by atoms with E-state index in [0.29, 0.717) is 6.61 Å². The lowest BCUT2D eigenvalue weighted by molar-refractivity contribution is 0.361. The summed E-state index contributed by atoms with van der Waals surface area (Å²) in [5, 5.41) is 0. The summed E-state index contributed by atoms with van der Waals surface area (Å²) in [7, 11) is 0. The van der Waals surface area contributed by atoms with Crippen molar-refractivity contribution < 1.29 is 4.74 Å². The molecule has 0 aliphatic rings. The number of pyridine rings is 1. The van der Waals surface area contributed by atoms with Gasteiger partial charge in [0.1, 0.15) is 17.0 Å². The van der Waals surface area contributed by atoms with Crippen molar-refractivity contribution in [2.24, 2.45) is 0 Å². The lowest BCUT2D eigenvalue weighted by atomic mass is 10.5. The van der Waals surface area contributed by atoms with Gasteiger partial charge in [-0.15, -0.1) is 0 Å². The van der Waals surface area contributed by atoms with Crippen LogP contribution >= 0.6 is 27.5 Å². The third kappa shape index (κ3) is 3.24. The van der Waals surface area contributed by atoms with Crippen LogP contribution in [0.2, 0.25) is 0 Å². The molecular weight excluding hydrogens is 241 g/mol. The number of hydrogen-bond acceptors (Lipinski definition) is 2. The highest BCUT2D eigenvalue weighted by Gasteiger charge is 1.91. The van der Waals surface area contributed by atoms with Crippen molar-refractivity contribution in [3.63, 3.8) is 0 Å². The van der Waals surface area contributed by atoms with Gasteiger partial charge in [-0.3, -0.25) is 0 Å². The van der Waals surface area contributed by atoms with Crippen LogP contribution in [0.15, 0.2) is 34.5 Å². The molecule has 1 rings (SSSR count). The van der Waals surface area contributed by atoms with Gasteiger partial charge in [0.15, 0.2) is 0 Å². The Morgan fingerprint density at radius 2 is 2.42 bits per heavy atom. The number of rotatable bonds is 3. The largest absolute Gasteiger partial charge is 0.488 e. The molecule has 0 aromatic carbocycles. The molecule has 0 radical (unpaired) electrons. The number of nitrogens with zero attached hydrogens (tertiary/aromatic N) is 1. The molecule has 64 valence electrons. The topological polar surface area (TPSA) is 22.1 Å². The van der Waals surface area contributed by atoms with E-state index in [0.717, 1.165) is 10.4 Å². The van der Waals surface area contributed by atoms with Crippen molar-refractivity contribution in [1.82, 2.24) is 4.98 Å². The van der Waals surface area contributed by atoms with Crippen LogP contribution in [-0.2, 0) is 0 Å². The summed E-state index contributed by atoms with van der Waals surface area (Å²) in [5.74, 6) is 0.730. The number of hydrogen-bond donors (Lipinski definition) is 0. The second kappa shape index (κ2) is 5.17. The summed E-state index contributed by atoms with van der Waals surface area (Å²) in [4.78, 5) is 3.99. The third-order valence-corrected chi connectivity index (χ3v) is 1.78. The minimum atomic E-state index is 0.465. The van der Waals surface area contributed by atoms with E-state index in [2.05, 4.69) is 20.9 Å². The average Bonchev–Trinajstić information content (AvgIpc) is 2.09. The Bertz CT molecular complexity index is 260. The van der Waals surface area contributed by atoms with E-state index in [1.165, 1.54) is 5.54 Å². The molecule has 0 N–H and O–H groups in total. The molecule has 12 heavy (non-hydrogen) atoms. The molecule has 2 nitrogen and oxygen atoms in total. The van der Waals surface area contributed by atoms with Gasteiger partial charge in [-0.25, -0.2) is 4.98 Å². The van der Waals surface area contributed by atoms with Gasteiger partial charge in [-0.2, -0.15) is 0 Å². The summed E-state index contributed by atoms with van der Waals surface area (Å²) >= 11 is 8.53. The number of ether oxygens (including phenoxy) is 1. The summed E-state index contributed by atoms with van der Waals surface area (Å²) in [6.45, 7) is 0.465. The molecule has 0 aliphatic carbocycles. The minimum absolute atomic E-state index is 0.465. The number of halogens is 2. The maximum atomic E-state index is 5.31. The molecular formula is C8H7BrClNO. The Morgan fingerprint density at radius 3 is 3.00 bits per heavy atom. The third-order valence-electron chi connectivity index (χ3n) is 1.14. The van der Waals surface area contributed by atoms with Gasteiger partial charge in [0.05, 0.1) is 6.20 Å². The first-order valence-electron chi connectivity index (χ1n) is 3.32. The van der Waals surface area contributed by atoms with E-state index >= 15 is 0 Å². The summed E-state index contributed by atoms with van der Waals surface area (Å²) < 4.78 is 6.04. The second-order valence-corrected chi connectivity index (χ2v) is 3.05. The van der Waals surface area contributed by atoms with Crippen LogP contribution in [0.5, 0.6) is 5.75 Å². The summed E-state index contributed by atoms with van der Waals surface area (Å²) in [5.41, 5.74) is 1.42. The first-order valence-corrected chi connectivity index (χ1v) is 4.55. The quantitative estimate of drug-likeness (QED) is 0.767. The molecule has 0 unspecified atom stereocenters. The molecule has 0 saturated heterocycles. The van der Waals surface area contributed by atoms with Gasteiger partial charge in [0.25, 0.3) is 0 Å². The Balaban J connectivity index is 2.47. The van der Waals surface area contributed by atoms with Gasteiger partial charge in [0.2, 0.25) is 0 Å². The Morgan fingerprint density at radius 1 is 1.58 bits per heavy atom. The lowest BCUT2D eigenvalue weighted by Crippen LogP contribution is -1.92. The SMILES string of the molecule is Cl/C=C/COc1ccc(Br)nc1. The van der Waals surface area contributed by atoms with Crippen LogP contribution in [0.3, 0.4) is 0 Å². The molecule has 0 spiro atoms. The fraction of sp³-hybridized carbons (Fsp3) is 0.125. The molecule has 0 bridgehead atoms. The fourth-order valence-corrected chi connectivity index (χ4v) is 0.936. The molecule has 0 aliphatic heterocycles. The monoisotopic (exact) mass is 247 g/mol. The van der Waals surface area contributed by atoms with Crippen LogP contribution in [0.4, 0.5) is 0 Å². The van der Waals surface area contributed by atoms with Crippen LogP contribution in [-0.4, -0.2) is 11.6 Å². The van der Waals surface area contributed by atoms with Gasteiger partial charge in [-0.1, -0.05) is 11.6 Å². The van der Waals surface area contributed by atoms with Crippen LogP contribution in [0, 0.1) is 0 Å². The van der Waals surface area contributed by atoms with Gasteiger partial charge in [0, 0.05) is 5.54 Å². The zero-order valence-corrected chi connectivity index (χ0v) is 8.55. The van der Waals surface area contributed by atoms with E-state index in [1.54, 1.807) is 12.3 Å². The standard InChI is InChI=1S/C8H7BrClNO/c9-8-3-2-7(6-11-8)12-5-1-4-10/h1-4,6H,5H2/b4-1+.